The molecular formula is C21H21N3O3S2. The molecule has 0 spiro atoms. The van der Waals surface area contributed by atoms with Gasteiger partial charge in [-0.3, -0.25) is 9.10 Å². The fraction of sp³-hybridized carbons (Fsp3) is 0.143. The fourth-order valence-electron chi connectivity index (χ4n) is 2.74. The normalized spacial score (nSPS) is 11.5. The monoisotopic (exact) mass is 427 g/mol. The van der Waals surface area contributed by atoms with Crippen molar-refractivity contribution in [3.8, 4) is 0 Å². The average molecular weight is 428 g/mol. The fourth-order valence-corrected chi connectivity index (χ4v) is 4.43. The van der Waals surface area contributed by atoms with E-state index in [0.717, 1.165) is 22.3 Å². The highest BCUT2D eigenvalue weighted by molar-refractivity contribution is 7.92. The number of benzene rings is 2. The molecule has 1 N–H and O–H groups in total. The van der Waals surface area contributed by atoms with E-state index < -0.39 is 15.9 Å². The number of para-hydroxylation sites is 1. The largest absolute Gasteiger partial charge is 0.273 e. The third kappa shape index (κ3) is 5.30. The Labute approximate surface area is 174 Å². The number of hydrogen-bond donors (Lipinski definition) is 1. The van der Waals surface area contributed by atoms with Crippen molar-refractivity contribution in [2.24, 2.45) is 5.10 Å². The molecule has 3 aromatic rings. The number of carbonyl (C=O) groups is 1. The lowest BCUT2D eigenvalue weighted by Crippen LogP contribution is -2.32. The maximum atomic E-state index is 12.7. The summed E-state index contributed by atoms with van der Waals surface area (Å²) in [5.74, 6) is -0.479. The van der Waals surface area contributed by atoms with Crippen molar-refractivity contribution < 1.29 is 13.2 Å². The van der Waals surface area contributed by atoms with Crippen LogP contribution < -0.4 is 9.73 Å². The Morgan fingerprint density at radius 3 is 2.45 bits per heavy atom. The summed E-state index contributed by atoms with van der Waals surface area (Å²) in [6.45, 7) is 2.09. The average Bonchev–Trinajstić information content (AvgIpc) is 3.11. The van der Waals surface area contributed by atoms with Crippen LogP contribution in [0.3, 0.4) is 0 Å². The summed E-state index contributed by atoms with van der Waals surface area (Å²) in [4.78, 5) is 13.7. The van der Waals surface area contributed by atoms with Crippen LogP contribution in [0.15, 0.2) is 71.1 Å². The highest BCUT2D eigenvalue weighted by Crippen LogP contribution is 2.25. The van der Waals surface area contributed by atoms with Gasteiger partial charge in [0.25, 0.3) is 5.91 Å². The maximum Gasteiger partial charge on any atom is 0.273 e. The van der Waals surface area contributed by atoms with Gasteiger partial charge in [0.05, 0.1) is 30.3 Å². The molecule has 0 saturated carbocycles. The van der Waals surface area contributed by atoms with Crippen LogP contribution in [0.25, 0.3) is 0 Å². The van der Waals surface area contributed by atoms with Gasteiger partial charge in [-0.1, -0.05) is 42.5 Å². The second-order valence-electron chi connectivity index (χ2n) is 6.44. The number of aryl methyl sites for hydroxylation is 1. The summed E-state index contributed by atoms with van der Waals surface area (Å²) in [6.07, 6.45) is 2.71. The molecular weight excluding hydrogens is 406 g/mol. The van der Waals surface area contributed by atoms with E-state index in [4.69, 9.17) is 0 Å². The lowest BCUT2D eigenvalue weighted by Gasteiger charge is -2.24. The lowest BCUT2D eigenvalue weighted by molar-refractivity contribution is 0.0956. The highest BCUT2D eigenvalue weighted by atomic mass is 32.2. The Hall–Kier alpha value is -2.97. The molecule has 2 aromatic carbocycles. The molecule has 6 nitrogen and oxygen atoms in total. The molecule has 29 heavy (non-hydrogen) atoms. The summed E-state index contributed by atoms with van der Waals surface area (Å²) in [7, 11) is -3.62. The van der Waals surface area contributed by atoms with Crippen LogP contribution in [0, 0.1) is 6.92 Å². The Morgan fingerprint density at radius 2 is 1.79 bits per heavy atom. The number of anilines is 1. The predicted molar refractivity (Wildman–Crippen MR) is 118 cm³/mol. The van der Waals surface area contributed by atoms with Gasteiger partial charge >= 0.3 is 0 Å². The number of thiophene rings is 1. The zero-order chi connectivity index (χ0) is 20.9. The summed E-state index contributed by atoms with van der Waals surface area (Å²) < 4.78 is 26.2. The molecule has 3 rings (SSSR count). The summed E-state index contributed by atoms with van der Waals surface area (Å²) in [6, 6.07) is 17.8. The van der Waals surface area contributed by atoms with Crippen molar-refractivity contribution in [2.75, 3.05) is 10.6 Å². The molecule has 0 aliphatic rings. The van der Waals surface area contributed by atoms with Gasteiger partial charge < -0.3 is 0 Å². The van der Waals surface area contributed by atoms with Crippen molar-refractivity contribution >= 4 is 39.2 Å². The van der Waals surface area contributed by atoms with Gasteiger partial charge in [0.15, 0.2) is 0 Å². The SMILES string of the molecule is Cc1ccsc1/C=N\NC(=O)c1ccccc1N(Cc1ccccc1)S(C)(=O)=O. The van der Waals surface area contributed by atoms with Gasteiger partial charge in [-0.15, -0.1) is 11.3 Å². The molecule has 1 heterocycles. The van der Waals surface area contributed by atoms with Crippen LogP contribution in [0.4, 0.5) is 5.69 Å². The zero-order valence-electron chi connectivity index (χ0n) is 16.1. The molecule has 0 bridgehead atoms. The first kappa shape index (κ1) is 20.8. The van der Waals surface area contributed by atoms with Gasteiger partial charge in [0.1, 0.15) is 0 Å². The van der Waals surface area contributed by atoms with Crippen LogP contribution in [0.5, 0.6) is 0 Å². The second-order valence-corrected chi connectivity index (χ2v) is 9.29. The van der Waals surface area contributed by atoms with Crippen molar-refractivity contribution in [1.29, 1.82) is 0 Å². The van der Waals surface area contributed by atoms with E-state index in [2.05, 4.69) is 10.5 Å². The Bertz CT molecular complexity index is 1120. The molecule has 1 aromatic heterocycles. The van der Waals surface area contributed by atoms with Crippen LogP contribution in [-0.2, 0) is 16.6 Å². The molecule has 0 aliphatic carbocycles. The predicted octanol–water partition coefficient (Wildman–Crippen LogP) is 3.79. The molecule has 0 saturated heterocycles. The molecule has 150 valence electrons. The van der Waals surface area contributed by atoms with E-state index in [1.54, 1.807) is 30.5 Å². The molecule has 8 heteroatoms. The van der Waals surface area contributed by atoms with Crippen LogP contribution in [0.2, 0.25) is 0 Å². The number of rotatable bonds is 7. The number of hydrogen-bond acceptors (Lipinski definition) is 5. The van der Waals surface area contributed by atoms with Crippen molar-refractivity contribution in [2.45, 2.75) is 13.5 Å². The lowest BCUT2D eigenvalue weighted by atomic mass is 10.1. The topological polar surface area (TPSA) is 78.8 Å². The van der Waals surface area contributed by atoms with E-state index >= 15 is 0 Å². The van der Waals surface area contributed by atoms with E-state index in [9.17, 15) is 13.2 Å². The molecule has 0 atom stereocenters. The van der Waals surface area contributed by atoms with Crippen molar-refractivity contribution in [1.82, 2.24) is 5.43 Å². The Kier molecular flexibility index (Phi) is 6.46. The number of amides is 1. The van der Waals surface area contributed by atoms with Gasteiger partial charge in [-0.2, -0.15) is 5.10 Å². The number of nitrogens with one attached hydrogen (secondary N) is 1. The first-order chi connectivity index (χ1) is 13.9. The number of hydrazone groups is 1. The summed E-state index contributed by atoms with van der Waals surface area (Å²) >= 11 is 1.52. The van der Waals surface area contributed by atoms with Crippen LogP contribution in [0.1, 0.15) is 26.4 Å². The van der Waals surface area contributed by atoms with Crippen LogP contribution in [-0.4, -0.2) is 26.8 Å². The molecule has 0 fully saturated rings. The minimum Gasteiger partial charge on any atom is -0.267 e. The molecule has 1 amide bonds. The quantitative estimate of drug-likeness (QED) is 0.460. The second kappa shape index (κ2) is 9.02. The van der Waals surface area contributed by atoms with Crippen LogP contribution >= 0.6 is 11.3 Å². The zero-order valence-corrected chi connectivity index (χ0v) is 17.7. The Morgan fingerprint density at radius 1 is 1.10 bits per heavy atom. The van der Waals surface area contributed by atoms with E-state index in [0.29, 0.717) is 5.69 Å². The van der Waals surface area contributed by atoms with E-state index in [-0.39, 0.29) is 12.1 Å². The summed E-state index contributed by atoms with van der Waals surface area (Å²) in [5, 5.41) is 5.96. The van der Waals surface area contributed by atoms with Crippen molar-refractivity contribution in [3.63, 3.8) is 0 Å². The smallest absolute Gasteiger partial charge is 0.267 e. The minimum absolute atomic E-state index is 0.127. The Balaban J connectivity index is 1.88. The first-order valence-corrected chi connectivity index (χ1v) is 11.6. The third-order valence-electron chi connectivity index (χ3n) is 4.24. The van der Waals surface area contributed by atoms with Gasteiger partial charge in [-0.25, -0.2) is 13.8 Å². The first-order valence-electron chi connectivity index (χ1n) is 8.84. The molecule has 0 unspecified atom stereocenters. The summed E-state index contributed by atoms with van der Waals surface area (Å²) in [5.41, 5.74) is 4.91. The molecule has 0 radical (unpaired) electrons. The van der Waals surface area contributed by atoms with Gasteiger partial charge in [0.2, 0.25) is 10.0 Å². The minimum atomic E-state index is -3.62. The number of carbonyl (C=O) groups excluding carboxylic acids is 1. The van der Waals surface area contributed by atoms with Gasteiger partial charge in [-0.05, 0) is 41.6 Å². The van der Waals surface area contributed by atoms with E-state index in [1.807, 2.05) is 48.7 Å². The number of sulfonamides is 1. The standard InChI is InChI=1S/C21H21N3O3S2/c1-16-12-13-28-20(16)14-22-23-21(25)18-10-6-7-11-19(18)24(29(2,26)27)15-17-8-4-3-5-9-17/h3-14H,15H2,1-2H3,(H,23,25)/b22-14-. The third-order valence-corrected chi connectivity index (χ3v) is 6.32. The van der Waals surface area contributed by atoms with E-state index in [1.165, 1.54) is 15.6 Å². The van der Waals surface area contributed by atoms with Crippen molar-refractivity contribution in [3.05, 3.63) is 87.6 Å². The maximum absolute atomic E-state index is 12.7. The molecule has 0 aliphatic heterocycles. The van der Waals surface area contributed by atoms with Gasteiger partial charge in [0, 0.05) is 4.88 Å². The highest BCUT2D eigenvalue weighted by Gasteiger charge is 2.23. The number of nitrogens with zero attached hydrogens (tertiary/aromatic N) is 2.